The molecule has 5 aliphatic rings. The number of amides is 5. The number of rotatable bonds is 19. The summed E-state index contributed by atoms with van der Waals surface area (Å²) in [5, 5.41) is 3.26. The number of aromatic nitrogens is 3. The fourth-order valence-electron chi connectivity index (χ4n) is 13.4. The van der Waals surface area contributed by atoms with E-state index >= 15 is 0 Å². The number of ether oxygens (including phenoxy) is 3. The van der Waals surface area contributed by atoms with Crippen LogP contribution in [0.1, 0.15) is 141 Å². The number of methoxy groups -OCH3 is 1. The summed E-state index contributed by atoms with van der Waals surface area (Å²) in [5.74, 6) is 1.14. The summed E-state index contributed by atoms with van der Waals surface area (Å²) < 4.78 is 17.1. The van der Waals surface area contributed by atoms with Crippen LogP contribution < -0.4 is 25.2 Å². The molecule has 10 rings (SSSR count). The highest BCUT2D eigenvalue weighted by Gasteiger charge is 2.37. The number of anilines is 1. The van der Waals surface area contributed by atoms with E-state index in [-0.39, 0.29) is 54.1 Å². The molecule has 1 saturated carbocycles. The van der Waals surface area contributed by atoms with Crippen LogP contribution in [0.2, 0.25) is 0 Å². The van der Waals surface area contributed by atoms with Crippen LogP contribution in [-0.4, -0.2) is 191 Å². The largest absolute Gasteiger partial charge is 0.497 e. The smallest absolute Gasteiger partial charge is 0.411 e. The molecule has 20 heteroatoms. The molecule has 0 radical (unpaired) electrons. The minimum absolute atomic E-state index is 0.00715. The molecule has 0 spiro atoms. The number of piperazine rings is 2. The van der Waals surface area contributed by atoms with Gasteiger partial charge in [0.2, 0.25) is 11.8 Å². The number of nitrogens with zero attached hydrogens (tertiary/aromatic N) is 9. The Labute approximate surface area is 518 Å². The van der Waals surface area contributed by atoms with Gasteiger partial charge in [0.15, 0.2) is 0 Å². The van der Waals surface area contributed by atoms with Crippen molar-refractivity contribution in [2.24, 2.45) is 11.8 Å². The van der Waals surface area contributed by atoms with Gasteiger partial charge in [0.1, 0.15) is 35.4 Å². The highest BCUT2D eigenvalue weighted by atomic mass is 16.6. The number of aryl methyl sites for hydroxylation is 1. The summed E-state index contributed by atoms with van der Waals surface area (Å²) in [4.78, 5) is 110. The van der Waals surface area contributed by atoms with Gasteiger partial charge >= 0.3 is 6.09 Å². The molecule has 472 valence electrons. The zero-order valence-electron chi connectivity index (χ0n) is 52.6. The third kappa shape index (κ3) is 16.2. The van der Waals surface area contributed by atoms with Crippen molar-refractivity contribution in [1.82, 2.24) is 49.7 Å². The lowest BCUT2D eigenvalue weighted by Gasteiger charge is -2.41. The molecule has 5 fully saturated rings. The molecule has 2 N–H and O–H groups in total. The number of aromatic amines is 1. The van der Waals surface area contributed by atoms with E-state index in [1.807, 2.05) is 89.5 Å². The maximum absolute atomic E-state index is 14.6. The number of fused-ring (bicyclic) bond motifs is 1. The number of hydrogen-bond acceptors (Lipinski definition) is 14. The molecule has 20 nitrogen and oxygen atoms in total. The Hall–Kier alpha value is -7.58. The van der Waals surface area contributed by atoms with Gasteiger partial charge in [-0.25, -0.2) is 9.78 Å². The highest BCUT2D eigenvalue weighted by molar-refractivity contribution is 5.98. The number of likely N-dealkylation sites (tertiary alicyclic amines) is 2. The predicted molar refractivity (Wildman–Crippen MR) is 339 cm³/mol. The first kappa shape index (κ1) is 63.4. The first-order valence-electron chi connectivity index (χ1n) is 32.2. The second kappa shape index (κ2) is 29.2. The average molecular weight is 1210 g/mol. The SMILES string of the molecule is CCOc1cc(OC)ccc1CN(CC(=O)N1CCC[C@@H](c2cccc(C(=O)N[C@H](C(=O)N3CCN(CC4CCN(C(=O)c5ccc(N6CCN(Cc7cnc8cc(CC)c(=O)[nH]c8c7)CC6)cn5)CC4)CC3)C3CCCCC3)c2)C1)C(=O)OC(C)(C)C. The monoisotopic (exact) mass is 1210 g/mol. The summed E-state index contributed by atoms with van der Waals surface area (Å²) in [6, 6.07) is 20.2. The molecule has 1 aliphatic carbocycles. The van der Waals surface area contributed by atoms with E-state index in [0.29, 0.717) is 81.0 Å². The van der Waals surface area contributed by atoms with Crippen molar-refractivity contribution in [2.75, 3.05) is 110 Å². The Morgan fingerprint density at radius 2 is 1.51 bits per heavy atom. The molecule has 0 unspecified atom stereocenters. The van der Waals surface area contributed by atoms with E-state index in [1.54, 1.807) is 46.1 Å². The van der Waals surface area contributed by atoms with E-state index in [4.69, 9.17) is 14.2 Å². The van der Waals surface area contributed by atoms with E-state index < -0.39 is 17.7 Å². The van der Waals surface area contributed by atoms with Crippen LogP contribution in [0.25, 0.3) is 11.0 Å². The quantitative estimate of drug-likeness (QED) is 0.0801. The Kier molecular flexibility index (Phi) is 21.0. The summed E-state index contributed by atoms with van der Waals surface area (Å²) in [5.41, 5.74) is 6.19. The Morgan fingerprint density at radius 1 is 0.750 bits per heavy atom. The number of hydrogen-bond donors (Lipinski definition) is 2. The molecule has 5 amide bonds. The van der Waals surface area contributed by atoms with E-state index in [0.717, 1.165) is 149 Å². The fourth-order valence-corrected chi connectivity index (χ4v) is 13.4. The normalized spacial score (nSPS) is 18.9. The first-order chi connectivity index (χ1) is 42.5. The van der Waals surface area contributed by atoms with Crippen LogP contribution in [0.4, 0.5) is 10.5 Å². The number of carbonyl (C=O) groups excluding carboxylic acids is 5. The molecular weight excluding hydrogens is 1110 g/mol. The minimum atomic E-state index is -0.775. The Morgan fingerprint density at radius 3 is 2.22 bits per heavy atom. The van der Waals surface area contributed by atoms with Gasteiger partial charge in [-0.05, 0) is 144 Å². The van der Waals surface area contributed by atoms with E-state index in [2.05, 4.69) is 35.0 Å². The van der Waals surface area contributed by atoms with Gasteiger partial charge in [0.25, 0.3) is 17.4 Å². The number of carbonyl (C=O) groups is 5. The second-order valence-corrected chi connectivity index (χ2v) is 25.7. The third-order valence-electron chi connectivity index (χ3n) is 18.4. The standard InChI is InChI=1S/C68H91N11O9/c1-7-49-38-58-59(71-63(49)81)36-48(40-69-58)43-74-28-32-75(33-29-74)55-20-22-57(70-41-55)65(83)76-26-23-47(24-27-76)42-73-30-34-77(35-31-73)66(84)62(50-14-10-9-11-15-50)72-64(82)52-17-12-16-51(37-52)53-18-13-25-78(44-53)61(80)46-79(67(85)88-68(3,4)5)45-54-19-21-56(86-6)39-60(54)87-8-2/h12,16-17,19-22,36-41,47,50,53,62H,7-11,13-15,18,23-35,42-46H2,1-6H3,(H,71,81)(H,72,82)/t53-,62+/m1/s1. The molecule has 4 aliphatic heterocycles. The lowest BCUT2D eigenvalue weighted by atomic mass is 9.83. The van der Waals surface area contributed by atoms with Crippen molar-refractivity contribution in [3.8, 4) is 11.5 Å². The van der Waals surface area contributed by atoms with Gasteiger partial charge in [-0.15, -0.1) is 0 Å². The Bertz CT molecular complexity index is 3280. The number of piperidine rings is 2. The molecule has 2 aromatic carbocycles. The van der Waals surface area contributed by atoms with E-state index in [1.165, 1.54) is 4.90 Å². The van der Waals surface area contributed by atoms with E-state index in [9.17, 15) is 28.8 Å². The van der Waals surface area contributed by atoms with Crippen molar-refractivity contribution in [3.63, 3.8) is 0 Å². The van der Waals surface area contributed by atoms with Crippen LogP contribution >= 0.6 is 0 Å². The average Bonchev–Trinajstić information content (AvgIpc) is 3.68. The molecular formula is C68H91N11O9. The van der Waals surface area contributed by atoms with Crippen LogP contribution in [-0.2, 0) is 33.8 Å². The summed E-state index contributed by atoms with van der Waals surface area (Å²) in [7, 11) is 1.58. The maximum atomic E-state index is 14.6. The number of pyridine rings is 3. The van der Waals surface area contributed by atoms with Gasteiger partial charge in [-0.3, -0.25) is 43.7 Å². The zero-order valence-corrected chi connectivity index (χ0v) is 52.6. The number of H-pyrrole nitrogens is 1. The first-order valence-corrected chi connectivity index (χ1v) is 32.2. The topological polar surface area (TPSA) is 206 Å². The second-order valence-electron chi connectivity index (χ2n) is 25.7. The summed E-state index contributed by atoms with van der Waals surface area (Å²) in [6.07, 6.45) is 12.2. The van der Waals surface area contributed by atoms with Gasteiger partial charge in [-0.2, -0.15) is 0 Å². The van der Waals surface area contributed by atoms with Crippen LogP contribution in [0, 0.1) is 11.8 Å². The summed E-state index contributed by atoms with van der Waals surface area (Å²) in [6.45, 7) is 19.7. The molecule has 7 heterocycles. The molecule has 2 atom stereocenters. The van der Waals surface area contributed by atoms with Crippen molar-refractivity contribution >= 4 is 46.4 Å². The molecule has 5 aromatic rings. The summed E-state index contributed by atoms with van der Waals surface area (Å²) >= 11 is 0. The lowest BCUT2D eigenvalue weighted by molar-refractivity contribution is -0.137. The fraction of sp³-hybridized carbons (Fsp3) is 0.559. The number of nitrogens with one attached hydrogen (secondary N) is 2. The van der Waals surface area contributed by atoms with Crippen molar-refractivity contribution in [1.29, 1.82) is 0 Å². The van der Waals surface area contributed by atoms with Gasteiger partial charge in [0.05, 0.1) is 43.2 Å². The Balaban J connectivity index is 0.678. The van der Waals surface area contributed by atoms with Gasteiger partial charge in [-0.1, -0.05) is 38.3 Å². The number of benzene rings is 2. The predicted octanol–water partition coefficient (Wildman–Crippen LogP) is 8.13. The molecule has 88 heavy (non-hydrogen) atoms. The van der Waals surface area contributed by atoms with Crippen molar-refractivity contribution < 1.29 is 38.2 Å². The zero-order chi connectivity index (χ0) is 61.9. The highest BCUT2D eigenvalue weighted by Crippen LogP contribution is 2.32. The van der Waals surface area contributed by atoms with Crippen LogP contribution in [0.5, 0.6) is 11.5 Å². The maximum Gasteiger partial charge on any atom is 0.411 e. The van der Waals surface area contributed by atoms with Crippen molar-refractivity contribution in [3.05, 3.63) is 123 Å². The molecule has 4 saturated heterocycles. The minimum Gasteiger partial charge on any atom is -0.497 e. The van der Waals surface area contributed by atoms with Crippen molar-refractivity contribution in [2.45, 2.75) is 129 Å². The molecule has 3 aromatic heterocycles. The van der Waals surface area contributed by atoms with Crippen LogP contribution in [0.15, 0.2) is 83.9 Å². The van der Waals surface area contributed by atoms with Crippen LogP contribution in [0.3, 0.4) is 0 Å². The van der Waals surface area contributed by atoms with Gasteiger partial charge in [0, 0.05) is 126 Å². The lowest BCUT2D eigenvalue weighted by Crippen LogP contribution is -2.57. The third-order valence-corrected chi connectivity index (χ3v) is 18.4. The van der Waals surface area contributed by atoms with Gasteiger partial charge < -0.3 is 44.1 Å². The molecule has 0 bridgehead atoms.